The molecule has 0 aliphatic heterocycles. The monoisotopic (exact) mass is 232 g/mol. The second-order valence-corrected chi connectivity index (χ2v) is 3.55. The van der Waals surface area contributed by atoms with Crippen molar-refractivity contribution in [2.24, 2.45) is 0 Å². The number of aliphatic hydroxyl groups excluding tert-OH is 1. The molecule has 0 spiro atoms. The number of aliphatic hydroxyl groups is 1. The number of hydrogen-bond acceptors (Lipinski definition) is 2. The number of hydrogen-bond donors (Lipinski definition) is 1. The summed E-state index contributed by atoms with van der Waals surface area (Å²) in [6.45, 7) is 1.27. The highest BCUT2D eigenvalue weighted by Crippen LogP contribution is 2.31. The molecule has 0 bridgehead atoms. The van der Waals surface area contributed by atoms with Gasteiger partial charge < -0.3 is 5.11 Å². The number of rotatable bonds is 3. The molecule has 0 aliphatic rings. The van der Waals surface area contributed by atoms with E-state index in [-0.39, 0.29) is 17.8 Å². The van der Waals surface area contributed by atoms with Crippen molar-refractivity contribution in [1.29, 1.82) is 0 Å². The smallest absolute Gasteiger partial charge is 0.388 e. The van der Waals surface area contributed by atoms with E-state index >= 15 is 0 Å². The van der Waals surface area contributed by atoms with Crippen LogP contribution in [0.5, 0.6) is 0 Å². The minimum Gasteiger partial charge on any atom is -0.388 e. The third-order valence-electron chi connectivity index (χ3n) is 2.08. The number of benzene rings is 1. The summed E-state index contributed by atoms with van der Waals surface area (Å²) >= 11 is 0. The predicted octanol–water partition coefficient (Wildman–Crippen LogP) is 2.72. The summed E-state index contributed by atoms with van der Waals surface area (Å²) in [7, 11) is 0. The van der Waals surface area contributed by atoms with Crippen LogP contribution in [0.1, 0.15) is 30.6 Å². The standard InChI is InChI=1S/C11H11F3O2/c1-7(15)5-10(16)8-3-2-4-9(6-8)11(12,13)14/h2-4,6,10,16H,5H2,1H3. The Morgan fingerprint density at radius 2 is 2.06 bits per heavy atom. The average Bonchev–Trinajstić information content (AvgIpc) is 2.15. The van der Waals surface area contributed by atoms with Crippen molar-refractivity contribution < 1.29 is 23.1 Å². The first-order valence-electron chi connectivity index (χ1n) is 4.65. The van der Waals surface area contributed by atoms with E-state index < -0.39 is 17.8 Å². The maximum atomic E-state index is 12.3. The van der Waals surface area contributed by atoms with Gasteiger partial charge >= 0.3 is 6.18 Å². The highest BCUT2D eigenvalue weighted by atomic mass is 19.4. The number of ketones is 1. The number of carbonyl (C=O) groups is 1. The quantitative estimate of drug-likeness (QED) is 0.869. The van der Waals surface area contributed by atoms with Gasteiger partial charge in [0.1, 0.15) is 5.78 Å². The normalized spacial score (nSPS) is 13.6. The zero-order valence-corrected chi connectivity index (χ0v) is 8.58. The van der Waals surface area contributed by atoms with E-state index in [9.17, 15) is 23.1 Å². The summed E-state index contributed by atoms with van der Waals surface area (Å²) < 4.78 is 37.0. The van der Waals surface area contributed by atoms with Gasteiger partial charge in [-0.05, 0) is 24.6 Å². The molecule has 1 aromatic rings. The van der Waals surface area contributed by atoms with Gasteiger partial charge in [0.25, 0.3) is 0 Å². The van der Waals surface area contributed by atoms with Gasteiger partial charge in [-0.2, -0.15) is 13.2 Å². The SMILES string of the molecule is CC(=O)CC(O)c1cccc(C(F)(F)F)c1. The van der Waals surface area contributed by atoms with Crippen molar-refractivity contribution in [3.8, 4) is 0 Å². The predicted molar refractivity (Wildman–Crippen MR) is 51.7 cm³/mol. The Morgan fingerprint density at radius 3 is 2.56 bits per heavy atom. The summed E-state index contributed by atoms with van der Waals surface area (Å²) in [4.78, 5) is 10.7. The number of halogens is 3. The molecule has 0 saturated carbocycles. The summed E-state index contributed by atoms with van der Waals surface area (Å²) in [5.74, 6) is -0.273. The Bertz CT molecular complexity index is 385. The summed E-state index contributed by atoms with van der Waals surface area (Å²) in [5.41, 5.74) is -0.724. The summed E-state index contributed by atoms with van der Waals surface area (Å²) in [6, 6.07) is 4.35. The molecule has 1 N–H and O–H groups in total. The Kier molecular flexibility index (Phi) is 3.70. The minimum absolute atomic E-state index is 0.102. The van der Waals surface area contributed by atoms with Crippen LogP contribution < -0.4 is 0 Å². The van der Waals surface area contributed by atoms with Crippen molar-refractivity contribution in [1.82, 2.24) is 0 Å². The molecular formula is C11H11F3O2. The van der Waals surface area contributed by atoms with Crippen LogP contribution in [0.3, 0.4) is 0 Å². The first-order chi connectivity index (χ1) is 7.30. The Balaban J connectivity index is 2.94. The van der Waals surface area contributed by atoms with Gasteiger partial charge in [0.05, 0.1) is 11.7 Å². The molecule has 0 heterocycles. The van der Waals surface area contributed by atoms with Crippen molar-refractivity contribution in [2.45, 2.75) is 25.6 Å². The molecule has 0 radical (unpaired) electrons. The maximum absolute atomic E-state index is 12.3. The van der Waals surface area contributed by atoms with E-state index in [1.165, 1.54) is 19.1 Å². The van der Waals surface area contributed by atoms with Crippen LogP contribution in [0.4, 0.5) is 13.2 Å². The largest absolute Gasteiger partial charge is 0.416 e. The topological polar surface area (TPSA) is 37.3 Å². The van der Waals surface area contributed by atoms with Crippen LogP contribution in [-0.2, 0) is 11.0 Å². The molecule has 5 heteroatoms. The molecular weight excluding hydrogens is 221 g/mol. The fraction of sp³-hybridized carbons (Fsp3) is 0.364. The Labute approximate surface area is 90.7 Å². The molecule has 1 aromatic carbocycles. The van der Waals surface area contributed by atoms with Crippen molar-refractivity contribution in [2.75, 3.05) is 0 Å². The van der Waals surface area contributed by atoms with Crippen LogP contribution in [-0.4, -0.2) is 10.9 Å². The molecule has 1 unspecified atom stereocenters. The minimum atomic E-state index is -4.44. The number of Topliss-reactive ketones (excluding diaryl/α,β-unsaturated/α-hetero) is 1. The first-order valence-corrected chi connectivity index (χ1v) is 4.65. The Hall–Kier alpha value is -1.36. The van der Waals surface area contributed by atoms with Crippen LogP contribution >= 0.6 is 0 Å². The van der Waals surface area contributed by atoms with Crippen molar-refractivity contribution in [3.05, 3.63) is 35.4 Å². The Morgan fingerprint density at radius 1 is 1.44 bits per heavy atom. The van der Waals surface area contributed by atoms with Crippen LogP contribution in [0.2, 0.25) is 0 Å². The zero-order chi connectivity index (χ0) is 12.3. The lowest BCUT2D eigenvalue weighted by Gasteiger charge is -2.12. The summed E-state index contributed by atoms with van der Waals surface area (Å²) in [6.07, 6.45) is -5.80. The third-order valence-corrected chi connectivity index (χ3v) is 2.08. The summed E-state index contributed by atoms with van der Waals surface area (Å²) in [5, 5.41) is 9.49. The molecule has 0 aliphatic carbocycles. The van der Waals surface area contributed by atoms with Gasteiger partial charge in [0.15, 0.2) is 0 Å². The molecule has 0 saturated heterocycles. The van der Waals surface area contributed by atoms with E-state index in [1.54, 1.807) is 0 Å². The van der Waals surface area contributed by atoms with E-state index in [0.717, 1.165) is 12.1 Å². The van der Waals surface area contributed by atoms with E-state index in [1.807, 2.05) is 0 Å². The second-order valence-electron chi connectivity index (χ2n) is 3.55. The van der Waals surface area contributed by atoms with Crippen LogP contribution in [0, 0.1) is 0 Å². The van der Waals surface area contributed by atoms with Crippen LogP contribution in [0.15, 0.2) is 24.3 Å². The second kappa shape index (κ2) is 4.65. The molecule has 2 nitrogen and oxygen atoms in total. The highest BCUT2D eigenvalue weighted by molar-refractivity contribution is 5.76. The van der Waals surface area contributed by atoms with Crippen LogP contribution in [0.25, 0.3) is 0 Å². The van der Waals surface area contributed by atoms with Gasteiger partial charge in [-0.1, -0.05) is 12.1 Å². The number of carbonyl (C=O) groups excluding carboxylic acids is 1. The maximum Gasteiger partial charge on any atom is 0.416 e. The lowest BCUT2D eigenvalue weighted by atomic mass is 10.0. The highest BCUT2D eigenvalue weighted by Gasteiger charge is 2.30. The lowest BCUT2D eigenvalue weighted by Crippen LogP contribution is -2.08. The fourth-order valence-electron chi connectivity index (χ4n) is 1.31. The van der Waals surface area contributed by atoms with Gasteiger partial charge in [-0.25, -0.2) is 0 Å². The fourth-order valence-corrected chi connectivity index (χ4v) is 1.31. The van der Waals surface area contributed by atoms with Gasteiger partial charge in [0, 0.05) is 6.42 Å². The molecule has 16 heavy (non-hydrogen) atoms. The van der Waals surface area contributed by atoms with E-state index in [2.05, 4.69) is 0 Å². The number of alkyl halides is 3. The molecule has 0 fully saturated rings. The van der Waals surface area contributed by atoms with Crippen molar-refractivity contribution >= 4 is 5.78 Å². The first kappa shape index (κ1) is 12.7. The van der Waals surface area contributed by atoms with Gasteiger partial charge in [-0.3, -0.25) is 4.79 Å². The molecule has 0 amide bonds. The van der Waals surface area contributed by atoms with Crippen molar-refractivity contribution in [3.63, 3.8) is 0 Å². The average molecular weight is 232 g/mol. The molecule has 88 valence electrons. The van der Waals surface area contributed by atoms with Gasteiger partial charge in [0.2, 0.25) is 0 Å². The third kappa shape index (κ3) is 3.34. The molecule has 0 aromatic heterocycles. The lowest BCUT2D eigenvalue weighted by molar-refractivity contribution is -0.137. The van der Waals surface area contributed by atoms with Gasteiger partial charge in [-0.15, -0.1) is 0 Å². The zero-order valence-electron chi connectivity index (χ0n) is 8.58. The molecule has 1 rings (SSSR count). The molecule has 1 atom stereocenters. The van der Waals surface area contributed by atoms with E-state index in [0.29, 0.717) is 0 Å². The van der Waals surface area contributed by atoms with E-state index in [4.69, 9.17) is 0 Å².